The fourth-order valence-corrected chi connectivity index (χ4v) is 7.58. The third kappa shape index (κ3) is 5.27. The first-order valence-corrected chi connectivity index (χ1v) is 17.7. The van der Waals surface area contributed by atoms with Gasteiger partial charge in [0, 0.05) is 44.4 Å². The fraction of sp³-hybridized carbons (Fsp3) is 0. The number of hydrogen-bond acceptors (Lipinski definition) is 4. The Morgan fingerprint density at radius 2 is 1.02 bits per heavy atom. The highest BCUT2D eigenvalue weighted by molar-refractivity contribution is 6.68. The summed E-state index contributed by atoms with van der Waals surface area (Å²) in [6.07, 6.45) is 0. The van der Waals surface area contributed by atoms with Crippen LogP contribution in [0.3, 0.4) is 0 Å². The van der Waals surface area contributed by atoms with Crippen molar-refractivity contribution in [1.29, 1.82) is 0 Å². The van der Waals surface area contributed by atoms with Crippen molar-refractivity contribution < 1.29 is 4.42 Å². The number of aromatic nitrogens is 4. The van der Waals surface area contributed by atoms with Crippen molar-refractivity contribution in [2.45, 2.75) is 0 Å². The Labute approximate surface area is 323 Å². The zero-order valence-corrected chi connectivity index (χ0v) is 29.4. The Hall–Kier alpha value is -6.53. The standard InChI is InChI=1S/C45H23B5N4O/c46-37-36(38(47)40(49)41(50)39(37)48)45-52-43(25-12-5-2-6-13-25)51-44(53-45)32-16-9-15-31-30-21-19-27(23-35(30)55-42(31)32)54-33-17-8-7-14-28(33)29-20-18-26(22-34(29)54)24-10-3-1-4-11-24/h1-23H. The van der Waals surface area contributed by atoms with Crippen LogP contribution in [0.5, 0.6) is 0 Å². The van der Waals surface area contributed by atoms with Gasteiger partial charge in [-0.2, -0.15) is 0 Å². The van der Waals surface area contributed by atoms with Crippen molar-refractivity contribution in [1.82, 2.24) is 19.5 Å². The highest BCUT2D eigenvalue weighted by atomic mass is 16.3. The smallest absolute Gasteiger partial charge is 0.167 e. The fourth-order valence-electron chi connectivity index (χ4n) is 7.58. The maximum atomic E-state index is 6.77. The molecule has 0 aliphatic heterocycles. The lowest BCUT2D eigenvalue weighted by Gasteiger charge is -2.20. The van der Waals surface area contributed by atoms with Gasteiger partial charge >= 0.3 is 0 Å². The highest BCUT2D eigenvalue weighted by Gasteiger charge is 2.21. The molecule has 3 heterocycles. The Kier molecular flexibility index (Phi) is 7.70. The van der Waals surface area contributed by atoms with E-state index in [1.807, 2.05) is 54.6 Å². The second-order valence-electron chi connectivity index (χ2n) is 13.5. The Balaban J connectivity index is 1.18. The van der Waals surface area contributed by atoms with Crippen LogP contribution in [0.4, 0.5) is 0 Å². The lowest BCUT2D eigenvalue weighted by molar-refractivity contribution is 0.669. The van der Waals surface area contributed by atoms with Gasteiger partial charge in [0.15, 0.2) is 17.5 Å². The normalized spacial score (nSPS) is 11.6. The number of nitrogens with zero attached hydrogens (tertiary/aromatic N) is 4. The van der Waals surface area contributed by atoms with E-state index in [1.165, 1.54) is 10.8 Å². The molecule has 244 valence electrons. The maximum Gasteiger partial charge on any atom is 0.167 e. The number of hydrogen-bond donors (Lipinski definition) is 0. The van der Waals surface area contributed by atoms with Crippen molar-refractivity contribution in [3.8, 4) is 51.0 Å². The molecule has 5 nitrogen and oxygen atoms in total. The summed E-state index contributed by atoms with van der Waals surface area (Å²) in [4.78, 5) is 14.7. The summed E-state index contributed by atoms with van der Waals surface area (Å²) >= 11 is 0. The highest BCUT2D eigenvalue weighted by Crippen LogP contribution is 2.39. The first-order chi connectivity index (χ1) is 26.9. The zero-order valence-electron chi connectivity index (χ0n) is 29.4. The van der Waals surface area contributed by atoms with Crippen LogP contribution >= 0.6 is 0 Å². The van der Waals surface area contributed by atoms with E-state index in [1.54, 1.807) is 0 Å². The summed E-state index contributed by atoms with van der Waals surface area (Å²) in [6, 6.07) is 47.4. The molecule has 10 aromatic rings. The van der Waals surface area contributed by atoms with Crippen molar-refractivity contribution in [2.75, 3.05) is 0 Å². The maximum absolute atomic E-state index is 6.77. The average molecular weight is 690 g/mol. The van der Waals surface area contributed by atoms with Crippen LogP contribution in [0.2, 0.25) is 0 Å². The van der Waals surface area contributed by atoms with E-state index in [-0.39, 0.29) is 38.7 Å². The lowest BCUT2D eigenvalue weighted by atomic mass is 9.60. The molecule has 0 N–H and O–H groups in total. The van der Waals surface area contributed by atoms with Gasteiger partial charge in [0.1, 0.15) is 50.4 Å². The quantitative estimate of drug-likeness (QED) is 0.224. The van der Waals surface area contributed by atoms with Crippen molar-refractivity contribution in [3.05, 3.63) is 140 Å². The van der Waals surface area contributed by atoms with Crippen LogP contribution in [0, 0.1) is 0 Å². The van der Waals surface area contributed by atoms with Gasteiger partial charge in [0.05, 0.1) is 16.6 Å². The summed E-state index contributed by atoms with van der Waals surface area (Å²) in [5.74, 6) is 0.969. The molecule has 10 heteroatoms. The van der Waals surface area contributed by atoms with Crippen molar-refractivity contribution in [2.24, 2.45) is 0 Å². The van der Waals surface area contributed by atoms with E-state index in [9.17, 15) is 0 Å². The Morgan fingerprint density at radius 3 is 1.78 bits per heavy atom. The van der Waals surface area contributed by atoms with E-state index >= 15 is 0 Å². The van der Waals surface area contributed by atoms with E-state index in [2.05, 4.69) is 89.5 Å². The van der Waals surface area contributed by atoms with Gasteiger partial charge in [0.2, 0.25) is 0 Å². The summed E-state index contributed by atoms with van der Waals surface area (Å²) < 4.78 is 9.07. The molecule has 0 unspecified atom stereocenters. The first-order valence-electron chi connectivity index (χ1n) is 17.7. The summed E-state index contributed by atoms with van der Waals surface area (Å²) in [5, 5.41) is 4.22. The molecule has 3 aromatic heterocycles. The van der Waals surface area contributed by atoms with Crippen LogP contribution in [-0.2, 0) is 0 Å². The molecule has 10 radical (unpaired) electrons. The van der Waals surface area contributed by atoms with Crippen LogP contribution in [0.25, 0.3) is 94.7 Å². The predicted octanol–water partition coefficient (Wildman–Crippen LogP) is 5.51. The summed E-state index contributed by atoms with van der Waals surface area (Å²) in [6.45, 7) is 0. The van der Waals surface area contributed by atoms with E-state index in [0.717, 1.165) is 49.8 Å². The van der Waals surface area contributed by atoms with E-state index in [0.29, 0.717) is 22.8 Å². The molecule has 10 rings (SSSR count). The van der Waals surface area contributed by atoms with Crippen LogP contribution < -0.4 is 27.3 Å². The van der Waals surface area contributed by atoms with E-state index < -0.39 is 0 Å². The minimum atomic E-state index is 0.111. The molecule has 0 saturated carbocycles. The molecular formula is C45H23B5N4O. The Morgan fingerprint density at radius 1 is 0.418 bits per heavy atom. The molecule has 0 aliphatic rings. The SMILES string of the molecule is [B]c1c([B])c([B])c(-c2nc(-c3ccccc3)nc(-c3cccc4c3oc3cc(-n5c6ccccc6c6ccc(-c7ccccc7)cc65)ccc34)n2)c([B])c1[B]. The second kappa shape index (κ2) is 12.8. The number of para-hydroxylation sites is 2. The van der Waals surface area contributed by atoms with Crippen LogP contribution in [0.15, 0.2) is 144 Å². The van der Waals surface area contributed by atoms with Gasteiger partial charge < -0.3 is 8.98 Å². The number of rotatable bonds is 5. The predicted molar refractivity (Wildman–Crippen MR) is 230 cm³/mol. The topological polar surface area (TPSA) is 56.7 Å². The van der Waals surface area contributed by atoms with Gasteiger partial charge in [-0.05, 0) is 41.5 Å². The molecule has 7 aromatic carbocycles. The van der Waals surface area contributed by atoms with Crippen molar-refractivity contribution in [3.63, 3.8) is 0 Å². The van der Waals surface area contributed by atoms with Gasteiger partial charge in [0.25, 0.3) is 0 Å². The lowest BCUT2D eigenvalue weighted by Crippen LogP contribution is -2.55. The van der Waals surface area contributed by atoms with Gasteiger partial charge in [-0.25, -0.2) is 15.0 Å². The molecule has 0 fully saturated rings. The number of furan rings is 1. The average Bonchev–Trinajstić information content (AvgIpc) is 3.78. The van der Waals surface area contributed by atoms with Crippen molar-refractivity contribution >= 4 is 110 Å². The third-order valence-electron chi connectivity index (χ3n) is 10.4. The van der Waals surface area contributed by atoms with Gasteiger partial charge in [-0.1, -0.05) is 114 Å². The number of benzene rings is 7. The first kappa shape index (κ1) is 33.1. The van der Waals surface area contributed by atoms with Crippen LogP contribution in [-0.4, -0.2) is 58.8 Å². The third-order valence-corrected chi connectivity index (χ3v) is 10.4. The summed E-state index contributed by atoms with van der Waals surface area (Å²) in [7, 11) is 31.7. The molecule has 0 bridgehead atoms. The zero-order chi connectivity index (χ0) is 37.4. The minimum absolute atomic E-state index is 0.111. The number of fused-ring (bicyclic) bond motifs is 6. The molecule has 0 atom stereocenters. The molecule has 0 saturated heterocycles. The Bertz CT molecular complexity index is 3130. The largest absolute Gasteiger partial charge is 0.455 e. The molecule has 0 aliphatic carbocycles. The molecule has 55 heavy (non-hydrogen) atoms. The molecule has 0 spiro atoms. The van der Waals surface area contributed by atoms with Crippen LogP contribution in [0.1, 0.15) is 0 Å². The monoisotopic (exact) mass is 690 g/mol. The van der Waals surface area contributed by atoms with E-state index in [4.69, 9.17) is 58.6 Å². The second-order valence-corrected chi connectivity index (χ2v) is 13.5. The minimum Gasteiger partial charge on any atom is -0.455 e. The van der Waals surface area contributed by atoms with Gasteiger partial charge in [-0.15, -0.1) is 16.4 Å². The molecular weight excluding hydrogens is 667 g/mol. The van der Waals surface area contributed by atoms with Gasteiger partial charge in [-0.3, -0.25) is 0 Å². The summed E-state index contributed by atoms with van der Waals surface area (Å²) in [5.41, 5.74) is 9.14. The molecule has 0 amide bonds.